The molecule has 0 saturated carbocycles. The highest BCUT2D eigenvalue weighted by molar-refractivity contribution is 7.91. The van der Waals surface area contributed by atoms with Gasteiger partial charge in [-0.2, -0.15) is 5.10 Å². The molecule has 6 rings (SSSR count). The number of nitrogens with two attached hydrogens (primary N) is 1. The first-order chi connectivity index (χ1) is 21.3. The van der Waals surface area contributed by atoms with E-state index < -0.39 is 21.6 Å². The molecule has 10 nitrogen and oxygen atoms in total. The van der Waals surface area contributed by atoms with E-state index in [1.165, 1.54) is 24.3 Å². The number of carbonyl (C=O) groups excluding carboxylic acids is 1. The first kappa shape index (κ1) is 30.0. The number of carbonyl (C=O) groups is 1. The zero-order chi connectivity index (χ0) is 30.8. The number of benzene rings is 3. The van der Waals surface area contributed by atoms with Gasteiger partial charge in [0, 0.05) is 56.5 Å². The number of H-pyrrole nitrogens is 1. The van der Waals surface area contributed by atoms with Crippen molar-refractivity contribution in [1.29, 1.82) is 0 Å². The molecule has 2 aliphatic rings. The summed E-state index contributed by atoms with van der Waals surface area (Å²) in [6.07, 6.45) is 2.60. The van der Waals surface area contributed by atoms with Crippen LogP contribution in [0.1, 0.15) is 36.5 Å². The Morgan fingerprint density at radius 3 is 2.52 bits per heavy atom. The van der Waals surface area contributed by atoms with E-state index in [1.54, 1.807) is 18.2 Å². The Balaban J connectivity index is 1.52. The molecule has 232 valence electrons. The minimum Gasteiger partial charge on any atom is -0.381 e. The second-order valence-electron chi connectivity index (χ2n) is 11.3. The van der Waals surface area contributed by atoms with Crippen LogP contribution in [0.3, 0.4) is 0 Å². The maximum Gasteiger partial charge on any atom is 0.250 e. The van der Waals surface area contributed by atoms with E-state index in [-0.39, 0.29) is 15.8 Å². The van der Waals surface area contributed by atoms with E-state index in [0.29, 0.717) is 46.6 Å². The number of hydrogen-bond donors (Lipinski definition) is 3. The summed E-state index contributed by atoms with van der Waals surface area (Å²) >= 11 is 0. The van der Waals surface area contributed by atoms with Gasteiger partial charge in [-0.1, -0.05) is 13.0 Å². The third-order valence-electron chi connectivity index (χ3n) is 8.46. The number of aromatic amines is 1. The van der Waals surface area contributed by atoms with Crippen LogP contribution in [0.2, 0.25) is 0 Å². The quantitative estimate of drug-likeness (QED) is 0.250. The zero-order valence-corrected chi connectivity index (χ0v) is 25.5. The number of fused-ring (bicyclic) bond motifs is 1. The third-order valence-corrected chi connectivity index (χ3v) is 10.2. The molecule has 2 saturated heterocycles. The first-order valence-corrected chi connectivity index (χ1v) is 16.5. The predicted molar refractivity (Wildman–Crippen MR) is 168 cm³/mol. The molecule has 0 radical (unpaired) electrons. The molecule has 0 spiro atoms. The van der Waals surface area contributed by atoms with Gasteiger partial charge in [0.25, 0.3) is 5.91 Å². The van der Waals surface area contributed by atoms with Gasteiger partial charge < -0.3 is 20.7 Å². The molecule has 2 fully saturated rings. The standard InChI is InChI=1S/C32H37FN6O4S/c1-2-12-38-13-15-39(16-14-38)28-9-7-25(32(34)40)30(35-22-10-17-43-18-11-22)29(28)31-26-20-24(6-8-27(26)36-37-31)44(41,42)23-5-3-4-21(33)19-23/h3-9,19-20,22,35H,2,10-18H2,1H3,(H2,34,40)(H,36,37). The van der Waals surface area contributed by atoms with Gasteiger partial charge in [0.15, 0.2) is 0 Å². The molecule has 4 N–H and O–H groups in total. The summed E-state index contributed by atoms with van der Waals surface area (Å²) in [5.41, 5.74) is 9.53. The maximum absolute atomic E-state index is 14.0. The highest BCUT2D eigenvalue weighted by Gasteiger charge is 2.29. The molecule has 3 aromatic carbocycles. The van der Waals surface area contributed by atoms with E-state index in [0.717, 1.165) is 63.7 Å². The molecule has 1 amide bonds. The number of halogens is 1. The number of nitrogens with zero attached hydrogens (tertiary/aromatic N) is 3. The fourth-order valence-corrected chi connectivity index (χ4v) is 7.46. The van der Waals surface area contributed by atoms with Gasteiger partial charge in [0.2, 0.25) is 9.84 Å². The molecule has 0 aliphatic carbocycles. The van der Waals surface area contributed by atoms with Crippen LogP contribution in [-0.4, -0.2) is 81.4 Å². The lowest BCUT2D eigenvalue weighted by atomic mass is 9.96. The van der Waals surface area contributed by atoms with Crippen molar-refractivity contribution in [2.24, 2.45) is 5.73 Å². The highest BCUT2D eigenvalue weighted by Crippen LogP contribution is 2.43. The van der Waals surface area contributed by atoms with E-state index in [1.807, 2.05) is 6.07 Å². The van der Waals surface area contributed by atoms with Crippen molar-refractivity contribution in [3.63, 3.8) is 0 Å². The molecule has 12 heteroatoms. The Bertz CT molecular complexity index is 1780. The van der Waals surface area contributed by atoms with E-state index >= 15 is 0 Å². The Hall–Kier alpha value is -4.00. The second-order valence-corrected chi connectivity index (χ2v) is 13.3. The minimum atomic E-state index is -4.03. The summed E-state index contributed by atoms with van der Waals surface area (Å²) in [6, 6.07) is 13.4. The van der Waals surface area contributed by atoms with Crippen molar-refractivity contribution in [3.05, 3.63) is 66.0 Å². The molecular formula is C32H37FN6O4S. The Morgan fingerprint density at radius 2 is 1.82 bits per heavy atom. The molecule has 0 bridgehead atoms. The zero-order valence-electron chi connectivity index (χ0n) is 24.7. The monoisotopic (exact) mass is 620 g/mol. The van der Waals surface area contributed by atoms with Gasteiger partial charge in [0.1, 0.15) is 11.5 Å². The van der Waals surface area contributed by atoms with Crippen LogP contribution in [0.25, 0.3) is 22.2 Å². The van der Waals surface area contributed by atoms with Crippen LogP contribution in [-0.2, 0) is 14.6 Å². The number of aromatic nitrogens is 2. The van der Waals surface area contributed by atoms with Gasteiger partial charge in [0.05, 0.1) is 32.1 Å². The number of amides is 1. The number of ether oxygens (including phenoxy) is 1. The first-order valence-electron chi connectivity index (χ1n) is 15.0. The van der Waals surface area contributed by atoms with E-state index in [4.69, 9.17) is 15.6 Å². The lowest BCUT2D eigenvalue weighted by Gasteiger charge is -2.37. The maximum atomic E-state index is 14.0. The van der Waals surface area contributed by atoms with Crippen LogP contribution in [0.5, 0.6) is 0 Å². The molecule has 1 aromatic heterocycles. The third kappa shape index (κ3) is 5.89. The van der Waals surface area contributed by atoms with Gasteiger partial charge in [-0.3, -0.25) is 14.8 Å². The molecule has 44 heavy (non-hydrogen) atoms. The highest BCUT2D eigenvalue weighted by atomic mass is 32.2. The number of hydrogen-bond acceptors (Lipinski definition) is 8. The number of rotatable bonds is 9. The second kappa shape index (κ2) is 12.5. The van der Waals surface area contributed by atoms with Crippen molar-refractivity contribution in [3.8, 4) is 11.3 Å². The lowest BCUT2D eigenvalue weighted by molar-refractivity contribution is 0.0904. The summed E-state index contributed by atoms with van der Waals surface area (Å²) in [5, 5.41) is 11.9. The van der Waals surface area contributed by atoms with Gasteiger partial charge in [-0.25, -0.2) is 12.8 Å². The van der Waals surface area contributed by atoms with Gasteiger partial charge >= 0.3 is 0 Å². The number of anilines is 2. The SMILES string of the molecule is CCCN1CCN(c2ccc(C(N)=O)c(NC3CCOCC3)c2-c2n[nH]c3ccc(S(=O)(=O)c4cccc(F)c4)cc23)CC1. The summed E-state index contributed by atoms with van der Waals surface area (Å²) in [4.78, 5) is 17.4. The van der Waals surface area contributed by atoms with Crippen LogP contribution >= 0.6 is 0 Å². The number of sulfone groups is 1. The predicted octanol–water partition coefficient (Wildman–Crippen LogP) is 4.42. The minimum absolute atomic E-state index is 0.0120. The Kier molecular flexibility index (Phi) is 8.57. The average molecular weight is 621 g/mol. The average Bonchev–Trinajstić information content (AvgIpc) is 3.45. The fourth-order valence-electron chi connectivity index (χ4n) is 6.15. The van der Waals surface area contributed by atoms with E-state index in [2.05, 4.69) is 27.1 Å². The normalized spacial score (nSPS) is 16.8. The van der Waals surface area contributed by atoms with Crippen molar-refractivity contribution < 1.29 is 22.3 Å². The smallest absolute Gasteiger partial charge is 0.250 e. The van der Waals surface area contributed by atoms with Crippen molar-refractivity contribution in [2.45, 2.75) is 42.0 Å². The lowest BCUT2D eigenvalue weighted by Crippen LogP contribution is -2.46. The van der Waals surface area contributed by atoms with Crippen LogP contribution in [0, 0.1) is 5.82 Å². The molecule has 3 heterocycles. The summed E-state index contributed by atoms with van der Waals surface area (Å²) < 4.78 is 46.7. The summed E-state index contributed by atoms with van der Waals surface area (Å²) in [5.74, 6) is -1.21. The van der Waals surface area contributed by atoms with Gasteiger partial charge in [-0.15, -0.1) is 0 Å². The number of primary amides is 1. The van der Waals surface area contributed by atoms with Gasteiger partial charge in [-0.05, 0) is 74.3 Å². The number of nitrogens with one attached hydrogen (secondary N) is 2. The summed E-state index contributed by atoms with van der Waals surface area (Å²) in [7, 11) is -4.03. The largest absolute Gasteiger partial charge is 0.381 e. The van der Waals surface area contributed by atoms with Crippen LogP contribution < -0.4 is 16.0 Å². The van der Waals surface area contributed by atoms with E-state index in [9.17, 15) is 17.6 Å². The fraction of sp³-hybridized carbons (Fsp3) is 0.375. The van der Waals surface area contributed by atoms with Crippen LogP contribution in [0.4, 0.5) is 15.8 Å². The molecule has 0 unspecified atom stereocenters. The summed E-state index contributed by atoms with van der Waals surface area (Å²) in [6.45, 7) is 7.75. The topological polar surface area (TPSA) is 134 Å². The van der Waals surface area contributed by atoms with Crippen molar-refractivity contribution in [2.75, 3.05) is 56.2 Å². The number of piperazine rings is 1. The molecule has 4 aromatic rings. The van der Waals surface area contributed by atoms with Crippen molar-refractivity contribution >= 4 is 38.0 Å². The van der Waals surface area contributed by atoms with Crippen LogP contribution in [0.15, 0.2) is 64.4 Å². The molecular weight excluding hydrogens is 583 g/mol. The molecule has 2 aliphatic heterocycles. The Labute approximate surface area is 256 Å². The molecule has 0 atom stereocenters. The van der Waals surface area contributed by atoms with Crippen molar-refractivity contribution in [1.82, 2.24) is 15.1 Å². The Morgan fingerprint density at radius 1 is 1.07 bits per heavy atom.